The largest absolute Gasteiger partial charge is 0.508 e. The SMILES string of the molecule is Oc1ccc(-c2n[nH]c(=S)n2/N=C/C=C/c2ccccc2)cc1. The lowest BCUT2D eigenvalue weighted by atomic mass is 10.2. The average Bonchev–Trinajstić information content (AvgIpc) is 2.94. The molecule has 0 aliphatic rings. The van der Waals surface area contributed by atoms with Crippen LogP contribution in [0.3, 0.4) is 0 Å². The van der Waals surface area contributed by atoms with Crippen molar-refractivity contribution >= 4 is 24.5 Å². The van der Waals surface area contributed by atoms with Crippen LogP contribution in [0.25, 0.3) is 17.5 Å². The number of aromatic nitrogens is 3. The Bertz CT molecular complexity index is 892. The first-order valence-electron chi connectivity index (χ1n) is 6.97. The van der Waals surface area contributed by atoms with Gasteiger partial charge in [0.1, 0.15) is 5.75 Å². The van der Waals surface area contributed by atoms with Gasteiger partial charge in [-0.3, -0.25) is 0 Å². The number of nitrogens with one attached hydrogen (secondary N) is 1. The first-order chi connectivity index (χ1) is 11.2. The molecule has 0 amide bonds. The van der Waals surface area contributed by atoms with Crippen LogP contribution in [-0.2, 0) is 0 Å². The number of aromatic amines is 1. The zero-order valence-corrected chi connectivity index (χ0v) is 12.9. The highest BCUT2D eigenvalue weighted by atomic mass is 32.1. The van der Waals surface area contributed by atoms with Crippen molar-refractivity contribution in [1.29, 1.82) is 0 Å². The van der Waals surface area contributed by atoms with Crippen molar-refractivity contribution in [3.63, 3.8) is 0 Å². The maximum Gasteiger partial charge on any atom is 0.216 e. The maximum absolute atomic E-state index is 9.37. The summed E-state index contributed by atoms with van der Waals surface area (Å²) in [5.41, 5.74) is 1.90. The van der Waals surface area contributed by atoms with Crippen molar-refractivity contribution in [2.45, 2.75) is 0 Å². The van der Waals surface area contributed by atoms with Crippen molar-refractivity contribution in [1.82, 2.24) is 14.9 Å². The molecule has 0 unspecified atom stereocenters. The first-order valence-corrected chi connectivity index (χ1v) is 7.38. The number of phenolic OH excluding ortho intramolecular Hbond substituents is 1. The van der Waals surface area contributed by atoms with E-state index in [0.29, 0.717) is 10.6 Å². The maximum atomic E-state index is 9.37. The van der Waals surface area contributed by atoms with E-state index in [1.807, 2.05) is 42.5 Å². The van der Waals surface area contributed by atoms with E-state index in [0.717, 1.165) is 11.1 Å². The Morgan fingerprint density at radius 2 is 1.83 bits per heavy atom. The summed E-state index contributed by atoms with van der Waals surface area (Å²) >= 11 is 5.20. The molecule has 2 aromatic carbocycles. The molecule has 0 radical (unpaired) electrons. The standard InChI is InChI=1S/C17H14N4OS/c22-15-10-8-14(9-11-15)16-19-20-17(23)21(16)18-12-4-7-13-5-2-1-3-6-13/h1-12,22H,(H,20,23)/b7-4+,18-12+. The Morgan fingerprint density at radius 3 is 2.57 bits per heavy atom. The quantitative estimate of drug-likeness (QED) is 0.566. The van der Waals surface area contributed by atoms with Crippen LogP contribution in [0.15, 0.2) is 65.8 Å². The van der Waals surface area contributed by atoms with Gasteiger partial charge in [0.15, 0.2) is 5.82 Å². The molecule has 5 nitrogen and oxygen atoms in total. The third kappa shape index (κ3) is 3.61. The number of benzene rings is 2. The summed E-state index contributed by atoms with van der Waals surface area (Å²) in [5, 5.41) is 20.6. The van der Waals surface area contributed by atoms with Gasteiger partial charge in [-0.15, -0.1) is 0 Å². The highest BCUT2D eigenvalue weighted by Gasteiger charge is 2.07. The first kappa shape index (κ1) is 14.9. The minimum atomic E-state index is 0.198. The van der Waals surface area contributed by atoms with E-state index in [2.05, 4.69) is 15.3 Å². The predicted octanol–water partition coefficient (Wildman–Crippen LogP) is 3.86. The molecular weight excluding hydrogens is 308 g/mol. The summed E-state index contributed by atoms with van der Waals surface area (Å²) in [5.74, 6) is 0.781. The number of hydrogen-bond acceptors (Lipinski definition) is 4. The number of allylic oxidation sites excluding steroid dienone is 1. The fourth-order valence-corrected chi connectivity index (χ4v) is 2.20. The number of hydrogen-bond donors (Lipinski definition) is 2. The van der Waals surface area contributed by atoms with Crippen molar-refractivity contribution < 1.29 is 5.11 Å². The smallest absolute Gasteiger partial charge is 0.216 e. The molecule has 114 valence electrons. The number of aromatic hydroxyl groups is 1. The van der Waals surface area contributed by atoms with E-state index in [1.54, 1.807) is 30.5 Å². The van der Waals surface area contributed by atoms with E-state index in [4.69, 9.17) is 12.2 Å². The molecule has 0 saturated carbocycles. The van der Waals surface area contributed by atoms with Crippen LogP contribution in [0.2, 0.25) is 0 Å². The van der Waals surface area contributed by atoms with E-state index < -0.39 is 0 Å². The summed E-state index contributed by atoms with van der Waals surface area (Å²) in [6.07, 6.45) is 5.44. The lowest BCUT2D eigenvalue weighted by molar-refractivity contribution is 0.475. The molecule has 0 fully saturated rings. The minimum Gasteiger partial charge on any atom is -0.508 e. The molecule has 2 N–H and O–H groups in total. The van der Waals surface area contributed by atoms with E-state index in [-0.39, 0.29) is 5.75 Å². The molecule has 1 heterocycles. The Hall–Kier alpha value is -2.99. The summed E-state index contributed by atoms with van der Waals surface area (Å²) in [4.78, 5) is 0. The Morgan fingerprint density at radius 1 is 1.09 bits per heavy atom. The molecule has 1 aromatic heterocycles. The van der Waals surface area contributed by atoms with Gasteiger partial charge in [-0.25, -0.2) is 5.10 Å². The van der Waals surface area contributed by atoms with E-state index >= 15 is 0 Å². The summed E-state index contributed by atoms with van der Waals surface area (Å²) in [7, 11) is 0. The average molecular weight is 322 g/mol. The third-order valence-electron chi connectivity index (χ3n) is 3.13. The molecule has 3 rings (SSSR count). The fraction of sp³-hybridized carbons (Fsp3) is 0. The van der Waals surface area contributed by atoms with Gasteiger partial charge >= 0.3 is 0 Å². The zero-order valence-electron chi connectivity index (χ0n) is 12.1. The number of nitrogens with zero attached hydrogens (tertiary/aromatic N) is 3. The van der Waals surface area contributed by atoms with Crippen LogP contribution in [0.4, 0.5) is 0 Å². The summed E-state index contributed by atoms with van der Waals surface area (Å²) in [6.45, 7) is 0. The van der Waals surface area contributed by atoms with Crippen molar-refractivity contribution in [3.05, 3.63) is 71.0 Å². The van der Waals surface area contributed by atoms with Crippen LogP contribution in [-0.4, -0.2) is 26.2 Å². The van der Waals surface area contributed by atoms with Crippen LogP contribution < -0.4 is 0 Å². The number of rotatable bonds is 4. The molecular formula is C17H14N4OS. The van der Waals surface area contributed by atoms with Crippen molar-refractivity contribution in [3.8, 4) is 17.1 Å². The molecule has 6 heteroatoms. The third-order valence-corrected chi connectivity index (χ3v) is 3.40. The van der Waals surface area contributed by atoms with Gasteiger partial charge in [-0.05, 0) is 48.1 Å². The normalized spacial score (nSPS) is 11.5. The van der Waals surface area contributed by atoms with E-state index in [1.165, 1.54) is 4.68 Å². The molecule has 0 aliphatic heterocycles. The Kier molecular flexibility index (Phi) is 4.44. The lowest BCUT2D eigenvalue weighted by Crippen LogP contribution is -1.93. The number of phenols is 1. The summed E-state index contributed by atoms with van der Waals surface area (Å²) in [6, 6.07) is 16.6. The van der Waals surface area contributed by atoms with Crippen LogP contribution in [0, 0.1) is 4.77 Å². The van der Waals surface area contributed by atoms with Gasteiger partial charge in [0.2, 0.25) is 4.77 Å². The second kappa shape index (κ2) is 6.85. The topological polar surface area (TPSA) is 66.2 Å². The predicted molar refractivity (Wildman–Crippen MR) is 93.9 cm³/mol. The van der Waals surface area contributed by atoms with Crippen LogP contribution >= 0.6 is 12.2 Å². The Labute approximate surface area is 138 Å². The Balaban J connectivity index is 1.84. The minimum absolute atomic E-state index is 0.198. The summed E-state index contributed by atoms with van der Waals surface area (Å²) < 4.78 is 1.94. The van der Waals surface area contributed by atoms with Crippen LogP contribution in [0.5, 0.6) is 5.75 Å². The zero-order chi connectivity index (χ0) is 16.1. The second-order valence-corrected chi connectivity index (χ2v) is 5.13. The van der Waals surface area contributed by atoms with Crippen molar-refractivity contribution in [2.75, 3.05) is 0 Å². The van der Waals surface area contributed by atoms with Gasteiger partial charge in [-0.2, -0.15) is 14.9 Å². The van der Waals surface area contributed by atoms with E-state index in [9.17, 15) is 5.11 Å². The fourth-order valence-electron chi connectivity index (χ4n) is 2.02. The lowest BCUT2D eigenvalue weighted by Gasteiger charge is -2.00. The highest BCUT2D eigenvalue weighted by Crippen LogP contribution is 2.20. The molecule has 0 aliphatic carbocycles. The van der Waals surface area contributed by atoms with Gasteiger partial charge in [0.05, 0.1) is 0 Å². The molecule has 0 atom stereocenters. The van der Waals surface area contributed by atoms with Gasteiger partial charge in [0, 0.05) is 11.8 Å². The second-order valence-electron chi connectivity index (χ2n) is 4.75. The van der Waals surface area contributed by atoms with Gasteiger partial charge in [0.25, 0.3) is 0 Å². The highest BCUT2D eigenvalue weighted by molar-refractivity contribution is 7.71. The molecule has 0 bridgehead atoms. The molecule has 0 spiro atoms. The molecule has 3 aromatic rings. The monoisotopic (exact) mass is 322 g/mol. The van der Waals surface area contributed by atoms with Gasteiger partial charge < -0.3 is 5.11 Å². The molecule has 0 saturated heterocycles. The van der Waals surface area contributed by atoms with Gasteiger partial charge in [-0.1, -0.05) is 36.4 Å². The van der Waals surface area contributed by atoms with Crippen LogP contribution in [0.1, 0.15) is 5.56 Å². The van der Waals surface area contributed by atoms with Crippen molar-refractivity contribution in [2.24, 2.45) is 5.10 Å². The number of H-pyrrole nitrogens is 1. The molecule has 23 heavy (non-hydrogen) atoms.